The number of carbonyl (C=O) groups is 4. The van der Waals surface area contributed by atoms with Crippen molar-refractivity contribution in [3.63, 3.8) is 0 Å². The van der Waals surface area contributed by atoms with Crippen molar-refractivity contribution in [1.29, 1.82) is 0 Å². The molecule has 0 saturated carbocycles. The molecule has 17 nitrogen and oxygen atoms in total. The fraction of sp³-hybridized carbons (Fsp3) is 0.735. The van der Waals surface area contributed by atoms with Gasteiger partial charge in [-0.3, -0.25) is 37.3 Å². The number of phosphoric acid groups is 2. The van der Waals surface area contributed by atoms with E-state index in [1.165, 1.54) is 38.5 Å². The molecule has 0 bridgehead atoms. The molecule has 3 N–H and O–H groups in total. The van der Waals surface area contributed by atoms with E-state index in [-0.39, 0.29) is 25.7 Å². The van der Waals surface area contributed by atoms with Crippen LogP contribution in [0, 0.1) is 0 Å². The summed E-state index contributed by atoms with van der Waals surface area (Å²) in [6, 6.07) is 0. The van der Waals surface area contributed by atoms with Crippen LogP contribution < -0.4 is 0 Å². The van der Waals surface area contributed by atoms with Gasteiger partial charge in [-0.05, 0) is 141 Å². The van der Waals surface area contributed by atoms with Crippen LogP contribution in [0.25, 0.3) is 0 Å². The normalized spacial score (nSPS) is 14.5. The molecule has 0 heterocycles. The van der Waals surface area contributed by atoms with Crippen LogP contribution in [0.15, 0.2) is 109 Å². The van der Waals surface area contributed by atoms with E-state index in [1.807, 2.05) is 0 Å². The van der Waals surface area contributed by atoms with Crippen molar-refractivity contribution in [3.05, 3.63) is 109 Å². The summed E-state index contributed by atoms with van der Waals surface area (Å²) in [6.45, 7) is 4.57. The minimum Gasteiger partial charge on any atom is -0.462 e. The van der Waals surface area contributed by atoms with Crippen LogP contribution in [-0.2, 0) is 65.4 Å². The molecule has 0 amide bonds. The SMILES string of the molecule is CC/C=C\C/C=C\C/C=C\CCCCCCCCCC(=O)OCC(COP(=O)(O)OCC(O)COP(=O)(O)OCC(COC(=O)CCCCCCCCC/C=C\C/C=C\C/C=C\CC)OC(=O)CCCCCCC/C=C\CCCCCCCC)OC(=O)CCCCCCC/C=C\C/C=C\CCC. The summed E-state index contributed by atoms with van der Waals surface area (Å²) in [7, 11) is -9.96. The Balaban J connectivity index is 5.36. The van der Waals surface area contributed by atoms with Crippen molar-refractivity contribution >= 4 is 39.5 Å². The number of carbonyl (C=O) groups excluding carboxylic acids is 4. The van der Waals surface area contributed by atoms with Gasteiger partial charge in [-0.2, -0.15) is 0 Å². The number of hydrogen-bond donors (Lipinski definition) is 3. The molecule has 0 aromatic heterocycles. The maximum Gasteiger partial charge on any atom is 0.472 e. The average Bonchev–Trinajstić information content (AvgIpc) is 0.908. The van der Waals surface area contributed by atoms with Gasteiger partial charge in [-0.15, -0.1) is 0 Å². The maximum absolute atomic E-state index is 13.1. The maximum atomic E-state index is 13.1. The highest BCUT2D eigenvalue weighted by Gasteiger charge is 2.30. The highest BCUT2D eigenvalue weighted by atomic mass is 31.2. The highest BCUT2D eigenvalue weighted by Crippen LogP contribution is 2.45. The van der Waals surface area contributed by atoms with Gasteiger partial charge in [0.25, 0.3) is 0 Å². The number of allylic oxidation sites excluding steroid dienone is 18. The van der Waals surface area contributed by atoms with Crippen molar-refractivity contribution < 1.29 is 80.2 Å². The summed E-state index contributed by atoms with van der Waals surface area (Å²) in [5, 5.41) is 10.6. The fourth-order valence-electron chi connectivity index (χ4n) is 10.6. The number of hydrogen-bond acceptors (Lipinski definition) is 15. The minimum absolute atomic E-state index is 0.0756. The molecule has 5 unspecified atom stereocenters. The Morgan fingerprint density at radius 2 is 0.529 bits per heavy atom. The van der Waals surface area contributed by atoms with Crippen LogP contribution in [0.5, 0.6) is 0 Å². The third kappa shape index (κ3) is 74.0. The number of phosphoric ester groups is 2. The van der Waals surface area contributed by atoms with Crippen LogP contribution in [0.2, 0.25) is 0 Å². The molecule has 19 heteroatoms. The largest absolute Gasteiger partial charge is 0.472 e. The molecule has 102 heavy (non-hydrogen) atoms. The zero-order valence-electron chi connectivity index (χ0n) is 64.3. The first kappa shape index (κ1) is 97.7. The molecule has 0 aliphatic heterocycles. The van der Waals surface area contributed by atoms with Gasteiger partial charge in [-0.1, -0.05) is 278 Å². The molecule has 0 aliphatic carbocycles. The second kappa shape index (κ2) is 75.0. The monoisotopic (exact) mass is 1470 g/mol. The average molecular weight is 1480 g/mol. The Labute approximate surface area is 619 Å². The van der Waals surface area contributed by atoms with Gasteiger partial charge in [0.05, 0.1) is 26.4 Å². The minimum atomic E-state index is -4.98. The van der Waals surface area contributed by atoms with Crippen LogP contribution in [0.4, 0.5) is 0 Å². The van der Waals surface area contributed by atoms with Crippen molar-refractivity contribution in [3.8, 4) is 0 Å². The van der Waals surface area contributed by atoms with Crippen molar-refractivity contribution in [2.24, 2.45) is 0 Å². The third-order valence-electron chi connectivity index (χ3n) is 16.7. The lowest BCUT2D eigenvalue weighted by molar-refractivity contribution is -0.161. The van der Waals surface area contributed by atoms with Crippen molar-refractivity contribution in [1.82, 2.24) is 0 Å². The third-order valence-corrected chi connectivity index (χ3v) is 18.6. The summed E-state index contributed by atoms with van der Waals surface area (Å²) in [5.74, 6) is -2.21. The first-order valence-electron chi connectivity index (χ1n) is 40.1. The van der Waals surface area contributed by atoms with Crippen molar-refractivity contribution in [2.45, 2.75) is 354 Å². The summed E-state index contributed by atoms with van der Waals surface area (Å²) >= 11 is 0. The molecule has 0 fully saturated rings. The number of rotatable bonds is 75. The van der Waals surface area contributed by atoms with E-state index in [1.54, 1.807) is 0 Å². The molecule has 0 saturated heterocycles. The number of aliphatic hydroxyl groups is 1. The lowest BCUT2D eigenvalue weighted by atomic mass is 10.1. The molecule has 0 aromatic rings. The van der Waals surface area contributed by atoms with Gasteiger partial charge in [0.1, 0.15) is 19.3 Å². The standard InChI is InChI=1S/C83H144O17P2/c1-5-9-13-17-21-25-29-33-36-38-41-44-47-51-55-59-63-67-80(85)93-73-78(99-82(87)69-65-61-57-53-49-43-32-28-24-20-16-12-8-4)75-97-101(89,90)95-71-77(84)72-96-102(91,92)98-76-79(100-83(88)70-66-62-58-54-50-46-40-35-31-27-23-19-15-11-7-3)74-94-81(86)68-64-60-56-52-48-45-42-39-37-34-30-26-22-18-14-10-6-2/h9-10,13-14,16,20-22,25-26,28,32-37,40,77-79,84H,5-8,11-12,15,17-19,23-24,27,29-31,38-39,41-76H2,1-4H3,(H,89,90)(H,91,92)/b13-9-,14-10-,20-16-,25-21-,26-22-,32-28-,36-33-,37-34-,40-35-. The van der Waals surface area contributed by atoms with Gasteiger partial charge in [0.15, 0.2) is 12.2 Å². The van der Waals surface area contributed by atoms with E-state index in [2.05, 4.69) is 137 Å². The Morgan fingerprint density at radius 3 is 0.833 bits per heavy atom. The first-order chi connectivity index (χ1) is 49.7. The molecule has 5 atom stereocenters. The van der Waals surface area contributed by atoms with E-state index in [0.29, 0.717) is 25.7 Å². The van der Waals surface area contributed by atoms with Gasteiger partial charge >= 0.3 is 39.5 Å². The first-order valence-corrected chi connectivity index (χ1v) is 43.1. The number of ether oxygens (including phenoxy) is 4. The lowest BCUT2D eigenvalue weighted by Crippen LogP contribution is -2.30. The van der Waals surface area contributed by atoms with Crippen molar-refractivity contribution in [2.75, 3.05) is 39.6 Å². The zero-order valence-corrected chi connectivity index (χ0v) is 66.0. The molecule has 588 valence electrons. The van der Waals surface area contributed by atoms with Crippen LogP contribution in [-0.4, -0.2) is 96.7 Å². The van der Waals surface area contributed by atoms with E-state index in [4.69, 9.17) is 37.0 Å². The second-order valence-corrected chi connectivity index (χ2v) is 29.5. The lowest BCUT2D eigenvalue weighted by Gasteiger charge is -2.21. The molecular formula is C83H144O17P2. The van der Waals surface area contributed by atoms with Gasteiger partial charge in [0, 0.05) is 25.7 Å². The predicted molar refractivity (Wildman–Crippen MR) is 418 cm³/mol. The molecule has 0 aliphatic rings. The summed E-state index contributed by atoms with van der Waals surface area (Å²) in [6.07, 6.45) is 80.6. The smallest absolute Gasteiger partial charge is 0.462 e. The molecule has 0 aromatic carbocycles. The van der Waals surface area contributed by atoms with Crippen LogP contribution in [0.3, 0.4) is 0 Å². The van der Waals surface area contributed by atoms with E-state index in [0.717, 1.165) is 218 Å². The number of aliphatic hydroxyl groups excluding tert-OH is 1. The fourth-order valence-corrected chi connectivity index (χ4v) is 12.2. The molecule has 0 radical (unpaired) electrons. The van der Waals surface area contributed by atoms with Crippen LogP contribution in [0.1, 0.15) is 336 Å². The van der Waals surface area contributed by atoms with Crippen LogP contribution >= 0.6 is 15.6 Å². The van der Waals surface area contributed by atoms with E-state index in [9.17, 15) is 43.2 Å². The quantitative estimate of drug-likeness (QED) is 0.0169. The number of unbranched alkanes of at least 4 members (excludes halogenated alkanes) is 31. The molecular weight excluding hydrogens is 1330 g/mol. The van der Waals surface area contributed by atoms with E-state index < -0.39 is 97.5 Å². The summed E-state index contributed by atoms with van der Waals surface area (Å²) in [5.41, 5.74) is 0. The topological polar surface area (TPSA) is 237 Å². The Morgan fingerprint density at radius 1 is 0.284 bits per heavy atom. The zero-order chi connectivity index (χ0) is 74.6. The Hall–Kier alpha value is -4.28. The second-order valence-electron chi connectivity index (χ2n) is 26.6. The van der Waals surface area contributed by atoms with Gasteiger partial charge in [-0.25, -0.2) is 9.13 Å². The Kier molecular flexibility index (Phi) is 71.8. The summed E-state index contributed by atoms with van der Waals surface area (Å²) < 4.78 is 68.6. The van der Waals surface area contributed by atoms with Gasteiger partial charge in [0.2, 0.25) is 0 Å². The molecule has 0 rings (SSSR count). The Bertz CT molecular complexity index is 2360. The van der Waals surface area contributed by atoms with Gasteiger partial charge < -0.3 is 33.8 Å². The predicted octanol–water partition coefficient (Wildman–Crippen LogP) is 23.3. The highest BCUT2D eigenvalue weighted by molar-refractivity contribution is 7.47. The molecule has 0 spiro atoms. The number of esters is 4. The van der Waals surface area contributed by atoms with E-state index >= 15 is 0 Å². The summed E-state index contributed by atoms with van der Waals surface area (Å²) in [4.78, 5) is 73.0.